The van der Waals surface area contributed by atoms with Crippen molar-refractivity contribution in [2.24, 2.45) is 0 Å². The van der Waals surface area contributed by atoms with E-state index in [-0.39, 0.29) is 10.7 Å². The van der Waals surface area contributed by atoms with E-state index in [1.165, 1.54) is 18.5 Å². The highest BCUT2D eigenvalue weighted by molar-refractivity contribution is 6.31. The molecule has 2 aromatic carbocycles. The van der Waals surface area contributed by atoms with E-state index in [0.29, 0.717) is 28.1 Å². The fourth-order valence-corrected chi connectivity index (χ4v) is 4.33. The molecule has 4 heterocycles. The summed E-state index contributed by atoms with van der Waals surface area (Å²) in [6.45, 7) is 0. The van der Waals surface area contributed by atoms with Crippen molar-refractivity contribution in [1.29, 1.82) is 0 Å². The zero-order valence-electron chi connectivity index (χ0n) is 17.1. The van der Waals surface area contributed by atoms with Crippen molar-refractivity contribution in [2.45, 2.75) is 6.18 Å². The summed E-state index contributed by atoms with van der Waals surface area (Å²) in [7, 11) is 0. The Balaban J connectivity index is 1.70. The maximum absolute atomic E-state index is 13.6. The van der Waals surface area contributed by atoms with E-state index in [1.54, 1.807) is 27.4 Å². The number of nitrogens with zero attached hydrogens (tertiary/aromatic N) is 6. The Labute approximate surface area is 194 Å². The third-order valence-corrected chi connectivity index (χ3v) is 6.00. The molecule has 6 aromatic rings. The Hall–Kier alpha value is -4.18. The first kappa shape index (κ1) is 20.4. The van der Waals surface area contributed by atoms with Gasteiger partial charge in [0.25, 0.3) is 0 Å². The second-order valence-corrected chi connectivity index (χ2v) is 8.10. The number of imidazole rings is 1. The van der Waals surface area contributed by atoms with Gasteiger partial charge in [-0.15, -0.1) is 10.2 Å². The van der Waals surface area contributed by atoms with Crippen LogP contribution in [0, 0.1) is 0 Å². The van der Waals surface area contributed by atoms with Crippen LogP contribution in [-0.4, -0.2) is 29.1 Å². The molecule has 6 rings (SSSR count). The molecule has 7 nitrogen and oxygen atoms in total. The van der Waals surface area contributed by atoms with Gasteiger partial charge in [0, 0.05) is 22.8 Å². The van der Waals surface area contributed by atoms with Gasteiger partial charge in [-0.1, -0.05) is 17.7 Å². The average molecular weight is 480 g/mol. The summed E-state index contributed by atoms with van der Waals surface area (Å²) in [5, 5.41) is 8.43. The number of nitrogen functional groups attached to an aromatic ring is 1. The number of hydrogen-bond acceptors (Lipinski definition) is 5. The Morgan fingerprint density at radius 2 is 1.74 bits per heavy atom. The molecule has 0 aliphatic carbocycles. The lowest BCUT2D eigenvalue weighted by Gasteiger charge is -2.13. The van der Waals surface area contributed by atoms with E-state index >= 15 is 0 Å². The number of anilines is 1. The monoisotopic (exact) mass is 479 g/mol. The molecular formula is C23H13ClF3N7. The molecule has 0 fully saturated rings. The van der Waals surface area contributed by atoms with Crippen LogP contribution in [0.4, 0.5) is 19.0 Å². The maximum Gasteiger partial charge on any atom is 0.417 e. The van der Waals surface area contributed by atoms with Crippen LogP contribution >= 0.6 is 11.6 Å². The van der Waals surface area contributed by atoms with Gasteiger partial charge in [-0.2, -0.15) is 13.2 Å². The number of hydrogen-bond donors (Lipinski definition) is 1. The van der Waals surface area contributed by atoms with Gasteiger partial charge < -0.3 is 5.73 Å². The molecule has 0 aliphatic heterocycles. The van der Waals surface area contributed by atoms with Crippen LogP contribution in [0.25, 0.3) is 44.5 Å². The van der Waals surface area contributed by atoms with E-state index in [9.17, 15) is 13.2 Å². The highest BCUT2D eigenvalue weighted by Gasteiger charge is 2.34. The summed E-state index contributed by atoms with van der Waals surface area (Å²) < 4.78 is 44.1. The molecule has 0 atom stereocenters. The fourth-order valence-electron chi connectivity index (χ4n) is 4.10. The van der Waals surface area contributed by atoms with E-state index < -0.39 is 11.7 Å². The predicted molar refractivity (Wildman–Crippen MR) is 123 cm³/mol. The molecule has 11 heteroatoms. The second-order valence-electron chi connectivity index (χ2n) is 7.69. The van der Waals surface area contributed by atoms with Crippen LogP contribution in [0.1, 0.15) is 5.56 Å². The molecule has 0 aliphatic rings. The number of halogens is 4. The van der Waals surface area contributed by atoms with Crippen LogP contribution < -0.4 is 5.73 Å². The van der Waals surface area contributed by atoms with Gasteiger partial charge in [-0.25, -0.2) is 4.98 Å². The summed E-state index contributed by atoms with van der Waals surface area (Å²) in [4.78, 5) is 8.69. The average Bonchev–Trinajstić information content (AvgIpc) is 3.40. The molecule has 0 saturated carbocycles. The summed E-state index contributed by atoms with van der Waals surface area (Å²) >= 11 is 5.87. The lowest BCUT2D eigenvalue weighted by Crippen LogP contribution is -2.07. The van der Waals surface area contributed by atoms with E-state index in [0.717, 1.165) is 22.6 Å². The molecule has 168 valence electrons. The number of alkyl halides is 3. The maximum atomic E-state index is 13.6. The standard InChI is InChI=1S/C23H13ClF3N7/c24-17-4-3-14(8-16(17)23(25,26)27)34-21-15-7-12(13-2-6-20(28)30-9-13)1-5-18(15)29-10-19(21)33-11-31-32-22(33)34/h1-11H,(H2,28,30). The smallest absolute Gasteiger partial charge is 0.384 e. The molecular weight excluding hydrogens is 467 g/mol. The third kappa shape index (κ3) is 3.06. The SMILES string of the molecule is Nc1ccc(-c2ccc3ncc4c(c3c2)n(-c2ccc(Cl)c(C(F)(F)F)c2)c2nncn42)cn1. The van der Waals surface area contributed by atoms with Crippen LogP contribution in [-0.2, 0) is 6.18 Å². The van der Waals surface area contributed by atoms with Crippen molar-refractivity contribution in [2.75, 3.05) is 5.73 Å². The number of rotatable bonds is 2. The number of aromatic nitrogens is 6. The predicted octanol–water partition coefficient (Wildman–Crippen LogP) is 5.54. The topological polar surface area (TPSA) is 86.9 Å². The van der Waals surface area contributed by atoms with Gasteiger partial charge in [0.2, 0.25) is 5.78 Å². The number of benzene rings is 2. The number of fused-ring (bicyclic) bond motifs is 5. The Bertz CT molecular complexity index is 1720. The van der Waals surface area contributed by atoms with Gasteiger partial charge in [0.05, 0.1) is 33.3 Å². The first-order chi connectivity index (χ1) is 16.3. The molecule has 0 bridgehead atoms. The molecule has 0 spiro atoms. The first-order valence-electron chi connectivity index (χ1n) is 10.0. The Kier molecular flexibility index (Phi) is 4.30. The molecule has 4 aromatic heterocycles. The minimum Gasteiger partial charge on any atom is -0.384 e. The first-order valence-corrected chi connectivity index (χ1v) is 10.4. The Morgan fingerprint density at radius 1 is 0.912 bits per heavy atom. The van der Waals surface area contributed by atoms with E-state index in [1.807, 2.05) is 24.3 Å². The highest BCUT2D eigenvalue weighted by atomic mass is 35.5. The summed E-state index contributed by atoms with van der Waals surface area (Å²) in [6, 6.07) is 13.0. The lowest BCUT2D eigenvalue weighted by molar-refractivity contribution is -0.137. The van der Waals surface area contributed by atoms with Crippen molar-refractivity contribution in [3.8, 4) is 16.8 Å². The normalized spacial score (nSPS) is 12.2. The second kappa shape index (κ2) is 7.16. The minimum atomic E-state index is -4.61. The fraction of sp³-hybridized carbons (Fsp3) is 0.0435. The van der Waals surface area contributed by atoms with Gasteiger partial charge in [0.1, 0.15) is 12.1 Å². The molecule has 2 N–H and O–H groups in total. The minimum absolute atomic E-state index is 0.247. The van der Waals surface area contributed by atoms with E-state index in [2.05, 4.69) is 20.2 Å². The van der Waals surface area contributed by atoms with Gasteiger partial charge in [-0.3, -0.25) is 14.0 Å². The van der Waals surface area contributed by atoms with Gasteiger partial charge in [-0.05, 0) is 48.0 Å². The van der Waals surface area contributed by atoms with Gasteiger partial charge in [0.15, 0.2) is 0 Å². The van der Waals surface area contributed by atoms with Crippen molar-refractivity contribution in [1.82, 2.24) is 29.1 Å². The Morgan fingerprint density at radius 3 is 2.50 bits per heavy atom. The quantitative estimate of drug-likeness (QED) is 0.352. The largest absolute Gasteiger partial charge is 0.417 e. The molecule has 34 heavy (non-hydrogen) atoms. The zero-order chi connectivity index (χ0) is 23.6. The van der Waals surface area contributed by atoms with Crippen LogP contribution in [0.15, 0.2) is 67.3 Å². The van der Waals surface area contributed by atoms with Crippen LogP contribution in [0.2, 0.25) is 5.02 Å². The zero-order valence-corrected chi connectivity index (χ0v) is 17.9. The summed E-state index contributed by atoms with van der Waals surface area (Å²) in [6.07, 6.45) is 0.194. The third-order valence-electron chi connectivity index (χ3n) is 5.67. The van der Waals surface area contributed by atoms with Crippen molar-refractivity contribution < 1.29 is 13.2 Å². The molecule has 0 unspecified atom stereocenters. The molecule has 0 radical (unpaired) electrons. The molecule has 0 saturated heterocycles. The van der Waals surface area contributed by atoms with Crippen molar-refractivity contribution in [3.63, 3.8) is 0 Å². The number of pyridine rings is 2. The van der Waals surface area contributed by atoms with E-state index in [4.69, 9.17) is 17.3 Å². The molecule has 0 amide bonds. The van der Waals surface area contributed by atoms with Crippen LogP contribution in [0.3, 0.4) is 0 Å². The van der Waals surface area contributed by atoms with Crippen molar-refractivity contribution in [3.05, 3.63) is 77.8 Å². The van der Waals surface area contributed by atoms with Crippen LogP contribution in [0.5, 0.6) is 0 Å². The summed E-state index contributed by atoms with van der Waals surface area (Å²) in [5.41, 5.74) is 8.66. The summed E-state index contributed by atoms with van der Waals surface area (Å²) in [5.74, 6) is 0.749. The lowest BCUT2D eigenvalue weighted by atomic mass is 10.0. The van der Waals surface area contributed by atoms with Gasteiger partial charge >= 0.3 is 6.18 Å². The van der Waals surface area contributed by atoms with Crippen molar-refractivity contribution >= 4 is 45.1 Å². The highest BCUT2D eigenvalue weighted by Crippen LogP contribution is 2.38. The number of nitrogens with two attached hydrogens (primary N) is 1.